The van der Waals surface area contributed by atoms with Crippen LogP contribution in [0.15, 0.2) is 22.7 Å². The summed E-state index contributed by atoms with van der Waals surface area (Å²) in [6, 6.07) is 6.21. The molecule has 1 aliphatic heterocycles. The predicted molar refractivity (Wildman–Crippen MR) is 67.6 cm³/mol. The van der Waals surface area contributed by atoms with Gasteiger partial charge in [0.25, 0.3) is 0 Å². The molecule has 0 bridgehead atoms. The molecule has 0 spiro atoms. The first-order valence-corrected chi connectivity index (χ1v) is 6.20. The summed E-state index contributed by atoms with van der Waals surface area (Å²) in [6.07, 6.45) is 1.33. The van der Waals surface area contributed by atoms with Gasteiger partial charge in [0.05, 0.1) is 0 Å². The molecular weight excluding hydrogens is 252 g/mol. The average molecular weight is 269 g/mol. The number of benzene rings is 1. The van der Waals surface area contributed by atoms with E-state index in [1.54, 1.807) is 0 Å². The summed E-state index contributed by atoms with van der Waals surface area (Å²) in [6.45, 7) is 5.81. The van der Waals surface area contributed by atoms with Gasteiger partial charge in [-0.1, -0.05) is 13.0 Å². The van der Waals surface area contributed by atoms with Crippen molar-refractivity contribution in [2.45, 2.75) is 19.9 Å². The molecule has 15 heavy (non-hydrogen) atoms. The molecule has 1 aliphatic rings. The van der Waals surface area contributed by atoms with Gasteiger partial charge in [-0.05, 0) is 52.5 Å². The maximum absolute atomic E-state index is 5.76. The second-order valence-corrected chi connectivity index (χ2v) is 5.34. The maximum Gasteiger partial charge on any atom is 0.0458 e. The van der Waals surface area contributed by atoms with Gasteiger partial charge in [0.2, 0.25) is 0 Å². The number of hydrogen-bond donors (Lipinski definition) is 1. The van der Waals surface area contributed by atoms with E-state index in [2.05, 4.69) is 39.9 Å². The molecular formula is C12H17BrN2. The zero-order chi connectivity index (χ0) is 10.8. The minimum absolute atomic E-state index is 0.813. The van der Waals surface area contributed by atoms with Crippen LogP contribution in [-0.4, -0.2) is 18.0 Å². The van der Waals surface area contributed by atoms with Crippen LogP contribution in [0.25, 0.3) is 0 Å². The number of anilines is 1. The summed E-state index contributed by atoms with van der Waals surface area (Å²) < 4.78 is 1.01. The second-order valence-electron chi connectivity index (χ2n) is 4.48. The van der Waals surface area contributed by atoms with E-state index in [1.165, 1.54) is 25.1 Å². The lowest BCUT2D eigenvalue weighted by molar-refractivity contribution is 0.320. The molecule has 0 saturated carbocycles. The number of hydrogen-bond acceptors (Lipinski definition) is 2. The lowest BCUT2D eigenvalue weighted by Gasteiger charge is -2.15. The molecule has 2 rings (SSSR count). The molecule has 1 saturated heterocycles. The highest BCUT2D eigenvalue weighted by Crippen LogP contribution is 2.23. The Morgan fingerprint density at radius 3 is 2.93 bits per heavy atom. The second kappa shape index (κ2) is 4.54. The Hall–Kier alpha value is -0.540. The maximum atomic E-state index is 5.76. The summed E-state index contributed by atoms with van der Waals surface area (Å²) in [5, 5.41) is 0. The fraction of sp³-hybridized carbons (Fsp3) is 0.500. The van der Waals surface area contributed by atoms with Crippen LogP contribution in [0.1, 0.15) is 18.9 Å². The SMILES string of the molecule is CC1CCN(Cc2ccc(N)c(Br)c2)C1. The largest absolute Gasteiger partial charge is 0.398 e. The van der Waals surface area contributed by atoms with E-state index in [4.69, 9.17) is 5.73 Å². The molecule has 0 radical (unpaired) electrons. The summed E-state index contributed by atoms with van der Waals surface area (Å²) in [4.78, 5) is 2.50. The van der Waals surface area contributed by atoms with E-state index in [9.17, 15) is 0 Å². The van der Waals surface area contributed by atoms with E-state index in [1.807, 2.05) is 6.07 Å². The molecule has 2 N–H and O–H groups in total. The third-order valence-electron chi connectivity index (χ3n) is 2.98. The molecule has 1 aromatic carbocycles. The summed E-state index contributed by atoms with van der Waals surface area (Å²) in [5.74, 6) is 0.849. The van der Waals surface area contributed by atoms with Crippen molar-refractivity contribution in [3.63, 3.8) is 0 Å². The van der Waals surface area contributed by atoms with E-state index < -0.39 is 0 Å². The molecule has 0 amide bonds. The van der Waals surface area contributed by atoms with Gasteiger partial charge in [0.1, 0.15) is 0 Å². The van der Waals surface area contributed by atoms with Gasteiger partial charge in [-0.25, -0.2) is 0 Å². The van der Waals surface area contributed by atoms with Crippen LogP contribution in [0.4, 0.5) is 5.69 Å². The van der Waals surface area contributed by atoms with Crippen molar-refractivity contribution in [3.05, 3.63) is 28.2 Å². The fourth-order valence-electron chi connectivity index (χ4n) is 2.10. The molecule has 0 aliphatic carbocycles. The molecule has 1 aromatic rings. The fourth-order valence-corrected chi connectivity index (χ4v) is 2.52. The molecule has 82 valence electrons. The average Bonchev–Trinajstić information content (AvgIpc) is 2.58. The van der Waals surface area contributed by atoms with E-state index >= 15 is 0 Å². The lowest BCUT2D eigenvalue weighted by atomic mass is 10.2. The van der Waals surface area contributed by atoms with Crippen molar-refractivity contribution in [1.29, 1.82) is 0 Å². The van der Waals surface area contributed by atoms with Crippen molar-refractivity contribution in [2.24, 2.45) is 5.92 Å². The Balaban J connectivity index is 2.02. The number of nitrogens with zero attached hydrogens (tertiary/aromatic N) is 1. The smallest absolute Gasteiger partial charge is 0.0458 e. The van der Waals surface area contributed by atoms with Crippen LogP contribution in [0.5, 0.6) is 0 Å². The Morgan fingerprint density at radius 2 is 2.33 bits per heavy atom. The van der Waals surface area contributed by atoms with Crippen LogP contribution < -0.4 is 5.73 Å². The van der Waals surface area contributed by atoms with Gasteiger partial charge >= 0.3 is 0 Å². The third-order valence-corrected chi connectivity index (χ3v) is 3.67. The monoisotopic (exact) mass is 268 g/mol. The standard InChI is InChI=1S/C12H17BrN2/c1-9-4-5-15(7-9)8-10-2-3-12(14)11(13)6-10/h2-3,6,9H,4-5,7-8,14H2,1H3. The zero-order valence-electron chi connectivity index (χ0n) is 9.04. The highest BCUT2D eigenvalue weighted by molar-refractivity contribution is 9.10. The highest BCUT2D eigenvalue weighted by atomic mass is 79.9. The van der Waals surface area contributed by atoms with Gasteiger partial charge in [-0.15, -0.1) is 0 Å². The van der Waals surface area contributed by atoms with Crippen molar-refractivity contribution < 1.29 is 0 Å². The molecule has 1 unspecified atom stereocenters. The Morgan fingerprint density at radius 1 is 1.53 bits per heavy atom. The molecule has 1 fully saturated rings. The molecule has 2 nitrogen and oxygen atoms in total. The number of nitrogens with two attached hydrogens (primary N) is 1. The van der Waals surface area contributed by atoms with Gasteiger partial charge in [0.15, 0.2) is 0 Å². The van der Waals surface area contributed by atoms with Crippen LogP contribution in [0.2, 0.25) is 0 Å². The Kier molecular flexibility index (Phi) is 3.32. The number of nitrogen functional groups attached to an aromatic ring is 1. The minimum Gasteiger partial charge on any atom is -0.398 e. The zero-order valence-corrected chi connectivity index (χ0v) is 10.6. The Labute approximate surface area is 99.6 Å². The summed E-state index contributed by atoms with van der Waals surface area (Å²) in [5.41, 5.74) is 7.91. The number of likely N-dealkylation sites (tertiary alicyclic amines) is 1. The minimum atomic E-state index is 0.813. The van der Waals surface area contributed by atoms with Gasteiger partial charge < -0.3 is 5.73 Å². The van der Waals surface area contributed by atoms with Crippen LogP contribution in [0, 0.1) is 5.92 Å². The van der Waals surface area contributed by atoms with Crippen molar-refractivity contribution in [3.8, 4) is 0 Å². The molecule has 0 aromatic heterocycles. The molecule has 1 heterocycles. The van der Waals surface area contributed by atoms with E-state index in [0.29, 0.717) is 0 Å². The van der Waals surface area contributed by atoms with Gasteiger partial charge in [-0.2, -0.15) is 0 Å². The normalized spacial score (nSPS) is 22.1. The first kappa shape index (κ1) is 11.0. The van der Waals surface area contributed by atoms with Crippen molar-refractivity contribution >= 4 is 21.6 Å². The van der Waals surface area contributed by atoms with Crippen molar-refractivity contribution in [1.82, 2.24) is 4.90 Å². The highest BCUT2D eigenvalue weighted by Gasteiger charge is 2.18. The predicted octanol–water partition coefficient (Wildman–Crippen LogP) is 2.87. The van der Waals surface area contributed by atoms with Crippen molar-refractivity contribution in [2.75, 3.05) is 18.8 Å². The molecule has 1 atom stereocenters. The quantitative estimate of drug-likeness (QED) is 0.836. The van der Waals surface area contributed by atoms with Crippen LogP contribution >= 0.6 is 15.9 Å². The summed E-state index contributed by atoms with van der Waals surface area (Å²) >= 11 is 3.46. The first-order valence-electron chi connectivity index (χ1n) is 5.41. The lowest BCUT2D eigenvalue weighted by Crippen LogP contribution is -2.19. The Bertz CT molecular complexity index is 351. The number of halogens is 1. The third kappa shape index (κ3) is 2.73. The van der Waals surface area contributed by atoms with Crippen LogP contribution in [0.3, 0.4) is 0 Å². The van der Waals surface area contributed by atoms with E-state index in [0.717, 1.165) is 22.6 Å². The van der Waals surface area contributed by atoms with Gasteiger partial charge in [-0.3, -0.25) is 4.90 Å². The van der Waals surface area contributed by atoms with E-state index in [-0.39, 0.29) is 0 Å². The number of rotatable bonds is 2. The summed E-state index contributed by atoms with van der Waals surface area (Å²) in [7, 11) is 0. The van der Waals surface area contributed by atoms with Gasteiger partial charge in [0, 0.05) is 23.2 Å². The van der Waals surface area contributed by atoms with Crippen LogP contribution in [-0.2, 0) is 6.54 Å². The topological polar surface area (TPSA) is 29.3 Å². The molecule has 3 heteroatoms. The first-order chi connectivity index (χ1) is 7.15.